The van der Waals surface area contributed by atoms with Crippen molar-refractivity contribution in [3.05, 3.63) is 48.6 Å². The Labute approximate surface area is 133 Å². The highest BCUT2D eigenvalue weighted by atomic mass is 13.9. The van der Waals surface area contributed by atoms with Crippen molar-refractivity contribution < 1.29 is 0 Å². The van der Waals surface area contributed by atoms with Gasteiger partial charge < -0.3 is 0 Å². The molecule has 0 N–H and O–H groups in total. The molecule has 120 valence electrons. The molecular formula is C21H36. The molecule has 0 unspecified atom stereocenters. The summed E-state index contributed by atoms with van der Waals surface area (Å²) < 4.78 is 0. The van der Waals surface area contributed by atoms with Crippen LogP contribution in [0.1, 0.15) is 84.5 Å². The van der Waals surface area contributed by atoms with Gasteiger partial charge in [-0.15, -0.1) is 0 Å². The van der Waals surface area contributed by atoms with Crippen LogP contribution in [0.4, 0.5) is 0 Å². The quantitative estimate of drug-likeness (QED) is 0.229. The Hall–Kier alpha value is -1.04. The summed E-state index contributed by atoms with van der Waals surface area (Å²) in [5, 5.41) is 0. The van der Waals surface area contributed by atoms with Gasteiger partial charge in [0.2, 0.25) is 0 Å². The van der Waals surface area contributed by atoms with Crippen LogP contribution in [-0.4, -0.2) is 0 Å². The topological polar surface area (TPSA) is 0 Å². The normalized spacial score (nSPS) is 12.7. The largest absolute Gasteiger partial charge is 0.0882 e. The minimum Gasteiger partial charge on any atom is -0.0882 e. The van der Waals surface area contributed by atoms with Gasteiger partial charge in [-0.3, -0.25) is 0 Å². The Bertz CT molecular complexity index is 261. The highest BCUT2D eigenvalue weighted by molar-refractivity contribution is 4.99. The van der Waals surface area contributed by atoms with Gasteiger partial charge in [0, 0.05) is 0 Å². The maximum absolute atomic E-state index is 2.32. The molecule has 0 amide bonds. The lowest BCUT2D eigenvalue weighted by atomic mass is 10.2. The van der Waals surface area contributed by atoms with E-state index in [4.69, 9.17) is 0 Å². The molecule has 0 radical (unpaired) electrons. The molecule has 0 saturated heterocycles. The van der Waals surface area contributed by atoms with E-state index in [1.54, 1.807) is 0 Å². The predicted octanol–water partition coefficient (Wildman–Crippen LogP) is 7.54. The summed E-state index contributed by atoms with van der Waals surface area (Å²) >= 11 is 0. The summed E-state index contributed by atoms with van der Waals surface area (Å²) in [5.41, 5.74) is 0. The molecule has 21 heavy (non-hydrogen) atoms. The monoisotopic (exact) mass is 288 g/mol. The highest BCUT2D eigenvalue weighted by Crippen LogP contribution is 2.02. The zero-order chi connectivity index (χ0) is 15.4. The van der Waals surface area contributed by atoms with Crippen molar-refractivity contribution in [2.24, 2.45) is 0 Å². The third kappa shape index (κ3) is 19.0. The van der Waals surface area contributed by atoms with Crippen LogP contribution in [0.25, 0.3) is 0 Å². The Kier molecular flexibility index (Phi) is 18.0. The smallest absolute Gasteiger partial charge is 0.0169 e. The van der Waals surface area contributed by atoms with Crippen molar-refractivity contribution >= 4 is 0 Å². The number of hydrogen-bond acceptors (Lipinski definition) is 0. The molecule has 0 heteroatoms. The third-order valence-corrected chi connectivity index (χ3v) is 3.43. The average molecular weight is 289 g/mol. The number of allylic oxidation sites excluding steroid dienone is 8. The number of rotatable bonds is 14. The van der Waals surface area contributed by atoms with Gasteiger partial charge in [-0.2, -0.15) is 0 Å². The van der Waals surface area contributed by atoms with Gasteiger partial charge in [0.25, 0.3) is 0 Å². The van der Waals surface area contributed by atoms with E-state index in [1.807, 2.05) is 0 Å². The molecule has 0 aromatic carbocycles. The fourth-order valence-electron chi connectivity index (χ4n) is 2.07. The second kappa shape index (κ2) is 19.0. The van der Waals surface area contributed by atoms with E-state index >= 15 is 0 Å². The van der Waals surface area contributed by atoms with Crippen molar-refractivity contribution in [1.82, 2.24) is 0 Å². The van der Waals surface area contributed by atoms with Crippen LogP contribution >= 0.6 is 0 Å². The second-order valence-electron chi connectivity index (χ2n) is 5.58. The summed E-state index contributed by atoms with van der Waals surface area (Å²) in [4.78, 5) is 0. The lowest BCUT2D eigenvalue weighted by Gasteiger charge is -1.91. The van der Waals surface area contributed by atoms with E-state index in [2.05, 4.69) is 62.5 Å². The zero-order valence-electron chi connectivity index (χ0n) is 14.4. The molecule has 0 spiro atoms. The van der Waals surface area contributed by atoms with Gasteiger partial charge in [0.05, 0.1) is 0 Å². The molecule has 0 bridgehead atoms. The van der Waals surface area contributed by atoms with E-state index in [9.17, 15) is 0 Å². The lowest BCUT2D eigenvalue weighted by Crippen LogP contribution is -1.70. The molecule has 0 nitrogen and oxygen atoms in total. The Morgan fingerprint density at radius 2 is 0.762 bits per heavy atom. The first-order chi connectivity index (χ1) is 10.4. The predicted molar refractivity (Wildman–Crippen MR) is 98.7 cm³/mol. The van der Waals surface area contributed by atoms with Gasteiger partial charge in [-0.25, -0.2) is 0 Å². The van der Waals surface area contributed by atoms with Gasteiger partial charge in [0.1, 0.15) is 0 Å². The Morgan fingerprint density at radius 1 is 0.429 bits per heavy atom. The summed E-state index contributed by atoms with van der Waals surface area (Å²) in [6.07, 6.45) is 32.0. The van der Waals surface area contributed by atoms with Crippen LogP contribution in [0.15, 0.2) is 48.6 Å². The fraction of sp³-hybridized carbons (Fsp3) is 0.619. The van der Waals surface area contributed by atoms with Gasteiger partial charge in [-0.05, 0) is 44.9 Å². The fourth-order valence-corrected chi connectivity index (χ4v) is 2.07. The summed E-state index contributed by atoms with van der Waals surface area (Å²) in [6, 6.07) is 0. The lowest BCUT2D eigenvalue weighted by molar-refractivity contribution is 0.728. The van der Waals surface area contributed by atoms with Crippen molar-refractivity contribution in [2.75, 3.05) is 0 Å². The first kappa shape index (κ1) is 20.0. The van der Waals surface area contributed by atoms with Crippen LogP contribution in [0, 0.1) is 0 Å². The van der Waals surface area contributed by atoms with Crippen molar-refractivity contribution in [3.8, 4) is 0 Å². The minimum absolute atomic E-state index is 1.06. The van der Waals surface area contributed by atoms with Crippen LogP contribution in [0.5, 0.6) is 0 Å². The Balaban J connectivity index is 3.35. The van der Waals surface area contributed by atoms with E-state index in [0.29, 0.717) is 0 Å². The third-order valence-electron chi connectivity index (χ3n) is 3.43. The molecular weight excluding hydrogens is 252 g/mol. The van der Waals surface area contributed by atoms with Crippen LogP contribution in [0.2, 0.25) is 0 Å². The summed E-state index contributed by atoms with van der Waals surface area (Å²) in [7, 11) is 0. The average Bonchev–Trinajstić information content (AvgIpc) is 2.50. The molecule has 0 aromatic heterocycles. The number of unbranched alkanes of at least 4 members (excludes halogenated alkanes) is 6. The molecule has 0 saturated carbocycles. The summed E-state index contributed by atoms with van der Waals surface area (Å²) in [5.74, 6) is 0. The molecule has 0 fully saturated rings. The summed E-state index contributed by atoms with van der Waals surface area (Å²) in [6.45, 7) is 4.50. The van der Waals surface area contributed by atoms with E-state index in [0.717, 1.165) is 19.3 Å². The van der Waals surface area contributed by atoms with Crippen molar-refractivity contribution in [2.45, 2.75) is 84.5 Å². The maximum atomic E-state index is 2.32. The van der Waals surface area contributed by atoms with Crippen LogP contribution in [0.3, 0.4) is 0 Å². The molecule has 0 heterocycles. The molecule has 0 rings (SSSR count). The standard InChI is InChI=1S/C21H36/c1-3-5-7-9-11-13-15-17-19-21-20-18-16-14-12-10-8-6-4-2/h11-14,17-20H,3-10,15-16,21H2,1-2H3/b13-11-,14-12?,19-17?,20-18?. The van der Waals surface area contributed by atoms with Gasteiger partial charge in [0.15, 0.2) is 0 Å². The van der Waals surface area contributed by atoms with Crippen molar-refractivity contribution in [1.29, 1.82) is 0 Å². The SMILES string of the molecule is CCCCCC=CCC=CCC=CC/C=C\CCCCC. The molecule has 0 aliphatic carbocycles. The maximum Gasteiger partial charge on any atom is -0.0169 e. The Morgan fingerprint density at radius 3 is 1.10 bits per heavy atom. The molecule has 0 aliphatic rings. The van der Waals surface area contributed by atoms with E-state index < -0.39 is 0 Å². The van der Waals surface area contributed by atoms with Crippen molar-refractivity contribution in [3.63, 3.8) is 0 Å². The van der Waals surface area contributed by atoms with Gasteiger partial charge >= 0.3 is 0 Å². The van der Waals surface area contributed by atoms with Gasteiger partial charge in [-0.1, -0.05) is 88.1 Å². The van der Waals surface area contributed by atoms with E-state index in [1.165, 1.54) is 51.4 Å². The molecule has 0 atom stereocenters. The minimum atomic E-state index is 1.06. The highest BCUT2D eigenvalue weighted by Gasteiger charge is 1.81. The number of hydrogen-bond donors (Lipinski definition) is 0. The van der Waals surface area contributed by atoms with E-state index in [-0.39, 0.29) is 0 Å². The second-order valence-corrected chi connectivity index (χ2v) is 5.58. The molecule has 0 aromatic rings. The van der Waals surface area contributed by atoms with Crippen LogP contribution in [-0.2, 0) is 0 Å². The first-order valence-corrected chi connectivity index (χ1v) is 9.01. The first-order valence-electron chi connectivity index (χ1n) is 9.01. The van der Waals surface area contributed by atoms with Crippen LogP contribution < -0.4 is 0 Å². The zero-order valence-corrected chi connectivity index (χ0v) is 14.4. The molecule has 0 aliphatic heterocycles.